The van der Waals surface area contributed by atoms with Gasteiger partial charge in [0.15, 0.2) is 5.60 Å². The number of aliphatic hydroxyl groups is 2. The van der Waals surface area contributed by atoms with Crippen molar-refractivity contribution in [2.45, 2.75) is 44.5 Å². The van der Waals surface area contributed by atoms with Gasteiger partial charge in [-0.1, -0.05) is 67.1 Å². The number of benzene rings is 3. The van der Waals surface area contributed by atoms with Gasteiger partial charge in [-0.25, -0.2) is 0 Å². The first-order valence-electron chi connectivity index (χ1n) is 12.9. The van der Waals surface area contributed by atoms with Crippen molar-refractivity contribution in [3.05, 3.63) is 110 Å². The Morgan fingerprint density at radius 2 is 1.92 bits per heavy atom. The maximum Gasteiger partial charge on any atom is 0.264 e. The largest absolute Gasteiger partial charge is 0.394 e. The van der Waals surface area contributed by atoms with Crippen LogP contribution in [-0.4, -0.2) is 39.6 Å². The summed E-state index contributed by atoms with van der Waals surface area (Å²) in [5.41, 5.74) is 2.45. The molecule has 3 atom stereocenters. The number of amides is 2. The summed E-state index contributed by atoms with van der Waals surface area (Å²) >= 11 is 8.53. The summed E-state index contributed by atoms with van der Waals surface area (Å²) in [5.74, 6) is -1.15. The van der Waals surface area contributed by atoms with Crippen molar-refractivity contribution < 1.29 is 19.8 Å². The highest BCUT2D eigenvalue weighted by atomic mass is 127. The molecule has 0 unspecified atom stereocenters. The predicted octanol–water partition coefficient (Wildman–Crippen LogP) is 5.21. The van der Waals surface area contributed by atoms with Crippen LogP contribution in [0.25, 0.3) is 0 Å². The van der Waals surface area contributed by atoms with E-state index in [0.717, 1.165) is 20.3 Å². The summed E-state index contributed by atoms with van der Waals surface area (Å²) in [6.45, 7) is 2.43. The van der Waals surface area contributed by atoms with Gasteiger partial charge in [0.05, 0.1) is 24.9 Å². The van der Waals surface area contributed by atoms with E-state index in [-0.39, 0.29) is 25.0 Å². The fourth-order valence-corrected chi connectivity index (χ4v) is 6.35. The van der Waals surface area contributed by atoms with E-state index in [2.05, 4.69) is 22.6 Å². The number of fused-ring (bicyclic) bond motifs is 2. The van der Waals surface area contributed by atoms with Crippen LogP contribution in [0.2, 0.25) is 5.02 Å². The monoisotopic (exact) mass is 656 g/mol. The topological polar surface area (TPSA) is 81.1 Å². The van der Waals surface area contributed by atoms with E-state index in [1.165, 1.54) is 0 Å². The molecule has 3 aromatic rings. The molecule has 2 aliphatic rings. The molecule has 0 spiro atoms. The number of carbonyl (C=O) groups excluding carboxylic acids is 2. The van der Waals surface area contributed by atoms with E-state index in [1.54, 1.807) is 47.1 Å². The molecule has 5 rings (SSSR count). The van der Waals surface area contributed by atoms with Gasteiger partial charge in [-0.05, 0) is 76.0 Å². The van der Waals surface area contributed by atoms with Crippen LogP contribution in [0.3, 0.4) is 0 Å². The number of carbonyl (C=O) groups is 2. The SMILES string of the molecule is C[C@H](/C=C/CC(=O)N1Cc2ccccc2C[C@H]1CO)[C@@]1(O)C(=O)N(Cc2cccc(I)c2)c2ccc(Cl)cc21. The second kappa shape index (κ2) is 11.4. The van der Waals surface area contributed by atoms with Gasteiger partial charge >= 0.3 is 0 Å². The second-order valence-electron chi connectivity index (χ2n) is 10.2. The maximum absolute atomic E-state index is 13.8. The van der Waals surface area contributed by atoms with Gasteiger partial charge in [-0.15, -0.1) is 0 Å². The molecule has 8 heteroatoms. The fourth-order valence-electron chi connectivity index (χ4n) is 5.57. The lowest BCUT2D eigenvalue weighted by atomic mass is 9.83. The standard InChI is InChI=1S/C31H30ClIN2O4/c1-20(6-4-11-29(37)34-18-23-9-3-2-8-22(23)15-26(34)19-36)31(39)27-16-24(32)12-13-28(27)35(30(31)38)17-21-7-5-10-25(33)14-21/h2-10,12-14,16,20,26,36,39H,11,15,17-19H2,1H3/b6-4+/t20-,26+,31+/m1/s1. The Hall–Kier alpha value is -2.72. The molecule has 2 N–H and O–H groups in total. The first kappa shape index (κ1) is 27.8. The molecule has 6 nitrogen and oxygen atoms in total. The average Bonchev–Trinajstić information content (AvgIpc) is 3.14. The van der Waals surface area contributed by atoms with Crippen molar-refractivity contribution in [1.82, 2.24) is 4.90 Å². The van der Waals surface area contributed by atoms with Crippen LogP contribution in [-0.2, 0) is 34.7 Å². The zero-order valence-corrected chi connectivity index (χ0v) is 24.5. The van der Waals surface area contributed by atoms with Gasteiger partial charge < -0.3 is 20.0 Å². The Kier molecular flexibility index (Phi) is 8.14. The van der Waals surface area contributed by atoms with Crippen molar-refractivity contribution in [2.24, 2.45) is 5.92 Å². The molecule has 0 aromatic heterocycles. The number of hydrogen-bond donors (Lipinski definition) is 2. The van der Waals surface area contributed by atoms with Crippen LogP contribution in [0.1, 0.15) is 35.6 Å². The minimum Gasteiger partial charge on any atom is -0.394 e. The summed E-state index contributed by atoms with van der Waals surface area (Å²) in [6, 6.07) is 20.7. The Labute approximate surface area is 247 Å². The third-order valence-electron chi connectivity index (χ3n) is 7.72. The van der Waals surface area contributed by atoms with Crippen LogP contribution >= 0.6 is 34.2 Å². The first-order valence-corrected chi connectivity index (χ1v) is 14.4. The molecule has 0 saturated heterocycles. The summed E-state index contributed by atoms with van der Waals surface area (Å²) in [7, 11) is 0. The normalized spacial score (nSPS) is 21.3. The van der Waals surface area contributed by atoms with E-state index in [9.17, 15) is 19.8 Å². The summed E-state index contributed by atoms with van der Waals surface area (Å²) in [5, 5.41) is 22.2. The van der Waals surface area contributed by atoms with Crippen molar-refractivity contribution in [2.75, 3.05) is 11.5 Å². The van der Waals surface area contributed by atoms with E-state index in [4.69, 9.17) is 11.6 Å². The average molecular weight is 657 g/mol. The van der Waals surface area contributed by atoms with Crippen molar-refractivity contribution in [1.29, 1.82) is 0 Å². The molecule has 2 aliphatic heterocycles. The van der Waals surface area contributed by atoms with E-state index in [1.807, 2.05) is 48.5 Å². The molecule has 39 heavy (non-hydrogen) atoms. The van der Waals surface area contributed by atoms with Gasteiger partial charge in [0.2, 0.25) is 5.91 Å². The van der Waals surface area contributed by atoms with E-state index in [0.29, 0.717) is 35.8 Å². The number of anilines is 1. The molecule has 0 bridgehead atoms. The zero-order valence-electron chi connectivity index (χ0n) is 21.6. The van der Waals surface area contributed by atoms with Crippen LogP contribution in [0.5, 0.6) is 0 Å². The van der Waals surface area contributed by atoms with Crippen molar-refractivity contribution in [3.63, 3.8) is 0 Å². The van der Waals surface area contributed by atoms with Crippen LogP contribution in [0.4, 0.5) is 5.69 Å². The van der Waals surface area contributed by atoms with Crippen molar-refractivity contribution in [3.8, 4) is 0 Å². The van der Waals surface area contributed by atoms with Gasteiger partial charge in [0, 0.05) is 33.0 Å². The number of rotatable bonds is 7. The summed E-state index contributed by atoms with van der Waals surface area (Å²) < 4.78 is 1.06. The molecule has 0 radical (unpaired) electrons. The minimum atomic E-state index is -1.82. The summed E-state index contributed by atoms with van der Waals surface area (Å²) in [6.07, 6.45) is 4.14. The quantitative estimate of drug-likeness (QED) is 0.271. The number of hydrogen-bond acceptors (Lipinski definition) is 4. The van der Waals surface area contributed by atoms with Crippen molar-refractivity contribution >= 4 is 51.7 Å². The van der Waals surface area contributed by atoms with Crippen LogP contribution < -0.4 is 4.90 Å². The minimum absolute atomic E-state index is 0.0991. The lowest BCUT2D eigenvalue weighted by Gasteiger charge is -2.36. The fraction of sp³-hybridized carbons (Fsp3) is 0.290. The Morgan fingerprint density at radius 3 is 2.67 bits per heavy atom. The third-order valence-corrected chi connectivity index (χ3v) is 8.63. The highest BCUT2D eigenvalue weighted by molar-refractivity contribution is 14.1. The number of nitrogens with zero attached hydrogens (tertiary/aromatic N) is 2. The molecule has 2 heterocycles. The molecular formula is C31H30ClIN2O4. The summed E-state index contributed by atoms with van der Waals surface area (Å²) in [4.78, 5) is 30.2. The highest BCUT2D eigenvalue weighted by Crippen LogP contribution is 2.46. The first-order chi connectivity index (χ1) is 18.7. The van der Waals surface area contributed by atoms with Gasteiger partial charge in [-0.3, -0.25) is 9.59 Å². The van der Waals surface area contributed by atoms with Gasteiger partial charge in [0.25, 0.3) is 5.91 Å². The Bertz CT molecular complexity index is 1440. The van der Waals surface area contributed by atoms with E-state index >= 15 is 0 Å². The van der Waals surface area contributed by atoms with Crippen LogP contribution in [0.15, 0.2) is 78.9 Å². The molecular weight excluding hydrogens is 627 g/mol. The molecule has 202 valence electrons. The molecule has 0 fully saturated rings. The maximum atomic E-state index is 13.8. The van der Waals surface area contributed by atoms with Crippen LogP contribution in [0, 0.1) is 9.49 Å². The number of halogens is 2. The lowest BCUT2D eigenvalue weighted by molar-refractivity contribution is -0.139. The lowest BCUT2D eigenvalue weighted by Crippen LogP contribution is -2.46. The third kappa shape index (κ3) is 5.37. The molecule has 3 aromatic carbocycles. The highest BCUT2D eigenvalue weighted by Gasteiger charge is 2.52. The molecule has 0 saturated carbocycles. The smallest absolute Gasteiger partial charge is 0.264 e. The Morgan fingerprint density at radius 1 is 1.15 bits per heavy atom. The second-order valence-corrected chi connectivity index (χ2v) is 11.9. The van der Waals surface area contributed by atoms with E-state index < -0.39 is 17.4 Å². The predicted molar refractivity (Wildman–Crippen MR) is 160 cm³/mol. The Balaban J connectivity index is 1.35. The number of aliphatic hydroxyl groups excluding tert-OH is 1. The molecule has 2 amide bonds. The zero-order chi connectivity index (χ0) is 27.7. The molecule has 0 aliphatic carbocycles. The van der Waals surface area contributed by atoms with Gasteiger partial charge in [-0.2, -0.15) is 0 Å². The van der Waals surface area contributed by atoms with Gasteiger partial charge in [0.1, 0.15) is 0 Å².